The average Bonchev–Trinajstić information content (AvgIpc) is 2.22. The largest absolute Gasteiger partial charge is 0.463 e. The number of hydrogen-bond donors (Lipinski definition) is 0. The lowest BCUT2D eigenvalue weighted by atomic mass is 10.4. The second-order valence-corrected chi connectivity index (χ2v) is 3.60. The van der Waals surface area contributed by atoms with E-state index in [9.17, 15) is 9.59 Å². The molecular weight excluding hydrogens is 212 g/mol. The fourth-order valence-electron chi connectivity index (χ4n) is 0.978. The molecule has 16 heavy (non-hydrogen) atoms. The number of ether oxygens (including phenoxy) is 3. The van der Waals surface area contributed by atoms with E-state index in [2.05, 4.69) is 0 Å². The smallest absolute Gasteiger partial charge is 0.305 e. The fraction of sp³-hybridized carbons (Fsp3) is 0.818. The van der Waals surface area contributed by atoms with E-state index < -0.39 is 0 Å². The quantitative estimate of drug-likeness (QED) is 0.619. The highest BCUT2D eigenvalue weighted by molar-refractivity contribution is 5.68. The third-order valence-corrected chi connectivity index (χ3v) is 1.75. The van der Waals surface area contributed by atoms with E-state index in [0.717, 1.165) is 0 Å². The highest BCUT2D eigenvalue weighted by Crippen LogP contribution is 1.98. The second-order valence-electron chi connectivity index (χ2n) is 3.60. The third kappa shape index (κ3) is 8.23. The molecule has 0 radical (unpaired) electrons. The van der Waals surface area contributed by atoms with Crippen molar-refractivity contribution in [3.8, 4) is 0 Å². The Kier molecular flexibility index (Phi) is 7.54. The van der Waals surface area contributed by atoms with Crippen LogP contribution in [0, 0.1) is 0 Å². The zero-order valence-corrected chi connectivity index (χ0v) is 10.3. The maximum absolute atomic E-state index is 10.9. The standard InChI is InChI=1S/C11H20O5/c1-5-11(13)15-6-8(2)14-7-9(3)16-10(4)12/h8-9H,5-7H2,1-4H3. The van der Waals surface area contributed by atoms with Crippen molar-refractivity contribution >= 4 is 11.9 Å². The van der Waals surface area contributed by atoms with Crippen LogP contribution in [0.4, 0.5) is 0 Å². The predicted octanol–water partition coefficient (Wildman–Crippen LogP) is 1.30. The lowest BCUT2D eigenvalue weighted by molar-refractivity contribution is -0.152. The Hall–Kier alpha value is -1.10. The molecule has 0 aliphatic heterocycles. The third-order valence-electron chi connectivity index (χ3n) is 1.75. The van der Waals surface area contributed by atoms with E-state index in [1.807, 2.05) is 0 Å². The van der Waals surface area contributed by atoms with Gasteiger partial charge in [-0.2, -0.15) is 0 Å². The molecule has 0 aliphatic rings. The summed E-state index contributed by atoms with van der Waals surface area (Å²) in [6.45, 7) is 7.14. The normalized spacial score (nSPS) is 14.0. The summed E-state index contributed by atoms with van der Waals surface area (Å²) in [5, 5.41) is 0. The predicted molar refractivity (Wildman–Crippen MR) is 57.9 cm³/mol. The molecule has 5 heteroatoms. The number of carbonyl (C=O) groups is 2. The summed E-state index contributed by atoms with van der Waals surface area (Å²) in [6, 6.07) is 0. The summed E-state index contributed by atoms with van der Waals surface area (Å²) in [5.74, 6) is -0.579. The van der Waals surface area contributed by atoms with E-state index in [4.69, 9.17) is 14.2 Å². The van der Waals surface area contributed by atoms with Crippen LogP contribution in [0.25, 0.3) is 0 Å². The minimum atomic E-state index is -0.332. The van der Waals surface area contributed by atoms with Crippen LogP contribution in [0.3, 0.4) is 0 Å². The summed E-state index contributed by atoms with van der Waals surface area (Å²) in [6.07, 6.45) is -0.133. The first-order valence-electron chi connectivity index (χ1n) is 5.40. The van der Waals surface area contributed by atoms with Crippen molar-refractivity contribution in [2.45, 2.75) is 46.3 Å². The Morgan fingerprint density at radius 3 is 2.25 bits per heavy atom. The van der Waals surface area contributed by atoms with Gasteiger partial charge in [0.1, 0.15) is 12.7 Å². The van der Waals surface area contributed by atoms with E-state index in [0.29, 0.717) is 13.0 Å². The highest BCUT2D eigenvalue weighted by Gasteiger charge is 2.10. The summed E-state index contributed by atoms with van der Waals surface area (Å²) in [7, 11) is 0. The molecule has 5 nitrogen and oxygen atoms in total. The monoisotopic (exact) mass is 232 g/mol. The van der Waals surface area contributed by atoms with Gasteiger partial charge in [0.15, 0.2) is 0 Å². The number of esters is 2. The van der Waals surface area contributed by atoms with Crippen LogP contribution in [-0.2, 0) is 23.8 Å². The molecule has 0 N–H and O–H groups in total. The molecule has 2 atom stereocenters. The van der Waals surface area contributed by atoms with Crippen molar-refractivity contribution in [1.29, 1.82) is 0 Å². The first-order chi connectivity index (χ1) is 7.45. The van der Waals surface area contributed by atoms with E-state index >= 15 is 0 Å². The van der Waals surface area contributed by atoms with Crippen LogP contribution in [-0.4, -0.2) is 37.4 Å². The Labute approximate surface area is 96.1 Å². The summed E-state index contributed by atoms with van der Waals surface area (Å²) < 4.78 is 15.1. The van der Waals surface area contributed by atoms with Gasteiger partial charge in [-0.05, 0) is 13.8 Å². The van der Waals surface area contributed by atoms with Crippen molar-refractivity contribution in [2.24, 2.45) is 0 Å². The SMILES string of the molecule is CCC(=O)OCC(C)OCC(C)OC(C)=O. The average molecular weight is 232 g/mol. The van der Waals surface area contributed by atoms with Gasteiger partial charge >= 0.3 is 11.9 Å². The van der Waals surface area contributed by atoms with Gasteiger partial charge in [-0.1, -0.05) is 6.92 Å². The van der Waals surface area contributed by atoms with E-state index in [1.165, 1.54) is 6.92 Å². The molecule has 94 valence electrons. The van der Waals surface area contributed by atoms with Crippen molar-refractivity contribution in [2.75, 3.05) is 13.2 Å². The zero-order chi connectivity index (χ0) is 12.6. The van der Waals surface area contributed by atoms with Crippen LogP contribution in [0.5, 0.6) is 0 Å². The Morgan fingerprint density at radius 2 is 1.75 bits per heavy atom. The molecule has 0 heterocycles. The molecule has 0 rings (SSSR count). The van der Waals surface area contributed by atoms with Crippen LogP contribution >= 0.6 is 0 Å². The molecule has 0 saturated heterocycles. The van der Waals surface area contributed by atoms with E-state index in [-0.39, 0.29) is 30.8 Å². The Balaban J connectivity index is 3.60. The van der Waals surface area contributed by atoms with Gasteiger partial charge in [0.2, 0.25) is 0 Å². The molecule has 0 amide bonds. The van der Waals surface area contributed by atoms with Gasteiger partial charge in [0, 0.05) is 13.3 Å². The van der Waals surface area contributed by atoms with Crippen LogP contribution in [0.15, 0.2) is 0 Å². The second kappa shape index (κ2) is 8.10. The number of carbonyl (C=O) groups excluding carboxylic acids is 2. The molecule has 0 spiro atoms. The lowest BCUT2D eigenvalue weighted by Crippen LogP contribution is -2.25. The lowest BCUT2D eigenvalue weighted by Gasteiger charge is -2.16. The van der Waals surface area contributed by atoms with Crippen LogP contribution in [0.2, 0.25) is 0 Å². The number of hydrogen-bond acceptors (Lipinski definition) is 5. The maximum atomic E-state index is 10.9. The van der Waals surface area contributed by atoms with Crippen molar-refractivity contribution in [3.05, 3.63) is 0 Å². The first kappa shape index (κ1) is 14.9. The molecule has 0 fully saturated rings. The molecule has 0 aromatic carbocycles. The maximum Gasteiger partial charge on any atom is 0.305 e. The van der Waals surface area contributed by atoms with Crippen LogP contribution in [0.1, 0.15) is 34.1 Å². The molecule has 0 aromatic rings. The van der Waals surface area contributed by atoms with Gasteiger partial charge in [0.05, 0.1) is 12.7 Å². The molecule has 0 saturated carbocycles. The van der Waals surface area contributed by atoms with Gasteiger partial charge in [-0.3, -0.25) is 9.59 Å². The van der Waals surface area contributed by atoms with Crippen molar-refractivity contribution in [1.82, 2.24) is 0 Å². The van der Waals surface area contributed by atoms with Crippen LogP contribution < -0.4 is 0 Å². The molecule has 0 bridgehead atoms. The molecule has 0 aromatic heterocycles. The van der Waals surface area contributed by atoms with Gasteiger partial charge in [-0.25, -0.2) is 0 Å². The summed E-state index contributed by atoms with van der Waals surface area (Å²) in [4.78, 5) is 21.5. The van der Waals surface area contributed by atoms with Gasteiger partial charge < -0.3 is 14.2 Å². The molecular formula is C11H20O5. The Bertz CT molecular complexity index is 226. The van der Waals surface area contributed by atoms with E-state index in [1.54, 1.807) is 20.8 Å². The van der Waals surface area contributed by atoms with Gasteiger partial charge in [0.25, 0.3) is 0 Å². The number of rotatable bonds is 7. The fourth-order valence-corrected chi connectivity index (χ4v) is 0.978. The zero-order valence-electron chi connectivity index (χ0n) is 10.3. The summed E-state index contributed by atoms with van der Waals surface area (Å²) >= 11 is 0. The Morgan fingerprint density at radius 1 is 1.12 bits per heavy atom. The highest BCUT2D eigenvalue weighted by atomic mass is 16.6. The molecule has 2 unspecified atom stereocenters. The molecule has 0 aliphatic carbocycles. The topological polar surface area (TPSA) is 61.8 Å². The minimum Gasteiger partial charge on any atom is -0.463 e. The first-order valence-corrected chi connectivity index (χ1v) is 5.40. The summed E-state index contributed by atoms with van der Waals surface area (Å²) in [5.41, 5.74) is 0. The van der Waals surface area contributed by atoms with Crippen molar-refractivity contribution < 1.29 is 23.8 Å². The van der Waals surface area contributed by atoms with Crippen molar-refractivity contribution in [3.63, 3.8) is 0 Å². The minimum absolute atomic E-state index is 0.200. The van der Waals surface area contributed by atoms with Gasteiger partial charge in [-0.15, -0.1) is 0 Å².